The van der Waals surface area contributed by atoms with Gasteiger partial charge in [-0.25, -0.2) is 8.78 Å². The summed E-state index contributed by atoms with van der Waals surface area (Å²) in [6, 6.07) is 8.06. The second-order valence-corrected chi connectivity index (χ2v) is 7.05. The van der Waals surface area contributed by atoms with Crippen molar-refractivity contribution in [1.29, 1.82) is 0 Å². The van der Waals surface area contributed by atoms with Crippen LogP contribution in [0.5, 0.6) is 5.75 Å². The van der Waals surface area contributed by atoms with E-state index >= 15 is 0 Å². The topological polar surface area (TPSA) is 48.9 Å². The van der Waals surface area contributed by atoms with Crippen molar-refractivity contribution in [3.8, 4) is 5.75 Å². The monoisotopic (exact) mass is 368 g/mol. The zero-order chi connectivity index (χ0) is 19.1. The Labute approximate surface area is 154 Å². The Bertz CT molecular complexity index is 595. The SMILES string of the molecule is CN=C(NCc1cccc(OCC(F)F)c1)NC1CN(C(C)C)CC1C. The van der Waals surface area contributed by atoms with Crippen molar-refractivity contribution in [3.05, 3.63) is 29.8 Å². The first kappa shape index (κ1) is 20.4. The largest absolute Gasteiger partial charge is 0.488 e. The van der Waals surface area contributed by atoms with Crippen LogP contribution in [-0.2, 0) is 6.54 Å². The quantitative estimate of drug-likeness (QED) is 0.574. The fourth-order valence-electron chi connectivity index (χ4n) is 3.07. The van der Waals surface area contributed by atoms with E-state index in [2.05, 4.69) is 41.3 Å². The molecule has 2 unspecified atom stereocenters. The molecule has 5 nitrogen and oxygen atoms in total. The van der Waals surface area contributed by atoms with E-state index in [1.807, 2.05) is 6.07 Å². The molecule has 1 fully saturated rings. The van der Waals surface area contributed by atoms with E-state index in [1.54, 1.807) is 25.2 Å². The number of rotatable bonds is 7. The van der Waals surface area contributed by atoms with Gasteiger partial charge in [0.15, 0.2) is 5.96 Å². The summed E-state index contributed by atoms with van der Waals surface area (Å²) in [4.78, 5) is 6.76. The van der Waals surface area contributed by atoms with Gasteiger partial charge in [-0.3, -0.25) is 9.89 Å². The lowest BCUT2D eigenvalue weighted by Crippen LogP contribution is -2.46. The Kier molecular flexibility index (Phi) is 7.63. The van der Waals surface area contributed by atoms with Crippen LogP contribution in [0.4, 0.5) is 8.78 Å². The maximum Gasteiger partial charge on any atom is 0.272 e. The van der Waals surface area contributed by atoms with Gasteiger partial charge in [-0.05, 0) is 37.5 Å². The summed E-state index contributed by atoms with van der Waals surface area (Å²) >= 11 is 0. The van der Waals surface area contributed by atoms with E-state index in [-0.39, 0.29) is 0 Å². The third-order valence-corrected chi connectivity index (χ3v) is 4.65. The van der Waals surface area contributed by atoms with Crippen LogP contribution in [0, 0.1) is 5.92 Å². The van der Waals surface area contributed by atoms with Gasteiger partial charge in [0.05, 0.1) is 0 Å². The molecule has 0 radical (unpaired) electrons. The maximum absolute atomic E-state index is 12.3. The molecule has 2 N–H and O–H groups in total. The Morgan fingerprint density at radius 2 is 2.12 bits per heavy atom. The minimum absolute atomic E-state index is 0.351. The van der Waals surface area contributed by atoms with Crippen LogP contribution in [0.2, 0.25) is 0 Å². The molecule has 2 atom stereocenters. The van der Waals surface area contributed by atoms with Crippen LogP contribution in [0.1, 0.15) is 26.3 Å². The number of benzene rings is 1. The number of aliphatic imine (C=N–C) groups is 1. The first-order valence-corrected chi connectivity index (χ1v) is 9.10. The van der Waals surface area contributed by atoms with Crippen molar-refractivity contribution in [1.82, 2.24) is 15.5 Å². The molecule has 146 valence electrons. The van der Waals surface area contributed by atoms with Gasteiger partial charge in [0.2, 0.25) is 0 Å². The Morgan fingerprint density at radius 1 is 1.35 bits per heavy atom. The zero-order valence-corrected chi connectivity index (χ0v) is 16.0. The second-order valence-electron chi connectivity index (χ2n) is 7.05. The minimum Gasteiger partial charge on any atom is -0.488 e. The van der Waals surface area contributed by atoms with Crippen molar-refractivity contribution in [3.63, 3.8) is 0 Å². The number of nitrogens with zero attached hydrogens (tertiary/aromatic N) is 2. The molecule has 0 spiro atoms. The van der Waals surface area contributed by atoms with Gasteiger partial charge in [-0.1, -0.05) is 19.1 Å². The van der Waals surface area contributed by atoms with Gasteiger partial charge in [0, 0.05) is 38.8 Å². The van der Waals surface area contributed by atoms with Crippen LogP contribution >= 0.6 is 0 Å². The van der Waals surface area contributed by atoms with Gasteiger partial charge in [0.25, 0.3) is 6.43 Å². The van der Waals surface area contributed by atoms with E-state index in [0.717, 1.165) is 24.6 Å². The van der Waals surface area contributed by atoms with Crippen LogP contribution in [0.3, 0.4) is 0 Å². The Morgan fingerprint density at radius 3 is 2.73 bits per heavy atom. The summed E-state index contributed by atoms with van der Waals surface area (Å²) in [5, 5.41) is 6.78. The minimum atomic E-state index is -2.47. The number of hydrogen-bond donors (Lipinski definition) is 2. The van der Waals surface area contributed by atoms with Crippen molar-refractivity contribution < 1.29 is 13.5 Å². The zero-order valence-electron chi connectivity index (χ0n) is 16.0. The van der Waals surface area contributed by atoms with Crippen molar-refractivity contribution in [2.75, 3.05) is 26.7 Å². The summed E-state index contributed by atoms with van der Waals surface area (Å²) in [7, 11) is 1.75. The average Bonchev–Trinajstić information content (AvgIpc) is 2.98. The van der Waals surface area contributed by atoms with E-state index in [4.69, 9.17) is 4.74 Å². The molecule has 1 heterocycles. The summed E-state index contributed by atoms with van der Waals surface area (Å²) in [5.74, 6) is 1.73. The molecule has 0 aliphatic carbocycles. The molecule has 1 aromatic carbocycles. The number of likely N-dealkylation sites (tertiary alicyclic amines) is 1. The second kappa shape index (κ2) is 9.71. The third-order valence-electron chi connectivity index (χ3n) is 4.65. The number of nitrogens with one attached hydrogen (secondary N) is 2. The molecule has 1 saturated heterocycles. The number of hydrogen-bond acceptors (Lipinski definition) is 3. The molecule has 0 amide bonds. The third kappa shape index (κ3) is 6.12. The molecule has 1 aromatic rings. The number of ether oxygens (including phenoxy) is 1. The van der Waals surface area contributed by atoms with Crippen LogP contribution < -0.4 is 15.4 Å². The molecule has 0 bridgehead atoms. The molecule has 0 saturated carbocycles. The fraction of sp³-hybridized carbons (Fsp3) is 0.632. The lowest BCUT2D eigenvalue weighted by atomic mass is 10.1. The van der Waals surface area contributed by atoms with Gasteiger partial charge in [-0.15, -0.1) is 0 Å². The number of alkyl halides is 2. The normalized spacial score (nSPS) is 21.5. The van der Waals surface area contributed by atoms with E-state index in [1.165, 1.54) is 0 Å². The van der Waals surface area contributed by atoms with E-state index in [9.17, 15) is 8.78 Å². The molecule has 1 aliphatic heterocycles. The van der Waals surface area contributed by atoms with Gasteiger partial charge in [-0.2, -0.15) is 0 Å². The smallest absolute Gasteiger partial charge is 0.272 e. The van der Waals surface area contributed by atoms with Gasteiger partial charge < -0.3 is 15.4 Å². The summed E-state index contributed by atoms with van der Waals surface area (Å²) in [6.07, 6.45) is -2.47. The highest BCUT2D eigenvalue weighted by Gasteiger charge is 2.31. The van der Waals surface area contributed by atoms with Crippen LogP contribution in [0.25, 0.3) is 0 Å². The Balaban J connectivity index is 1.86. The molecular weight excluding hydrogens is 338 g/mol. The molecule has 7 heteroatoms. The lowest BCUT2D eigenvalue weighted by molar-refractivity contribution is 0.0818. The molecule has 2 rings (SSSR count). The fourth-order valence-corrected chi connectivity index (χ4v) is 3.07. The van der Waals surface area contributed by atoms with Crippen LogP contribution in [0.15, 0.2) is 29.3 Å². The standard InChI is InChI=1S/C19H30F2N4O/c1-13(2)25-10-14(3)17(11-25)24-19(22-4)23-9-15-6-5-7-16(8-15)26-12-18(20)21/h5-8,13-14,17-18H,9-12H2,1-4H3,(H2,22,23,24). The lowest BCUT2D eigenvalue weighted by Gasteiger charge is -2.22. The molecule has 0 aromatic heterocycles. The highest BCUT2D eigenvalue weighted by molar-refractivity contribution is 5.80. The van der Waals surface area contributed by atoms with E-state index < -0.39 is 13.0 Å². The molecular formula is C19H30F2N4O. The Hall–Kier alpha value is -1.89. The average molecular weight is 368 g/mol. The van der Waals surface area contributed by atoms with Crippen molar-refractivity contribution in [2.45, 2.75) is 45.8 Å². The van der Waals surface area contributed by atoms with Crippen LogP contribution in [-0.4, -0.2) is 56.1 Å². The van der Waals surface area contributed by atoms with E-state index in [0.29, 0.717) is 30.3 Å². The summed E-state index contributed by atoms with van der Waals surface area (Å²) in [6.45, 7) is 8.70. The van der Waals surface area contributed by atoms with Gasteiger partial charge in [0.1, 0.15) is 12.4 Å². The summed E-state index contributed by atoms with van der Waals surface area (Å²) in [5.41, 5.74) is 0.947. The highest BCUT2D eigenvalue weighted by atomic mass is 19.3. The van der Waals surface area contributed by atoms with Crippen molar-refractivity contribution >= 4 is 5.96 Å². The highest BCUT2D eigenvalue weighted by Crippen LogP contribution is 2.18. The molecule has 26 heavy (non-hydrogen) atoms. The maximum atomic E-state index is 12.3. The number of guanidine groups is 1. The van der Waals surface area contributed by atoms with Crippen molar-refractivity contribution in [2.24, 2.45) is 10.9 Å². The predicted molar refractivity (Wildman–Crippen MR) is 101 cm³/mol. The summed E-state index contributed by atoms with van der Waals surface area (Å²) < 4.78 is 29.6. The van der Waals surface area contributed by atoms with Gasteiger partial charge >= 0.3 is 0 Å². The number of halogens is 2. The predicted octanol–water partition coefficient (Wildman–Crippen LogP) is 2.72. The first-order valence-electron chi connectivity index (χ1n) is 9.10. The first-order chi connectivity index (χ1) is 12.4. The molecule has 1 aliphatic rings.